The van der Waals surface area contributed by atoms with E-state index in [2.05, 4.69) is 15.5 Å². The number of hydrogen-bond donors (Lipinski definition) is 3. The molecular formula is C15H18N4O. The first-order chi connectivity index (χ1) is 9.72. The molecule has 5 heteroatoms. The van der Waals surface area contributed by atoms with Gasteiger partial charge in [-0.1, -0.05) is 12.1 Å². The molecule has 0 spiro atoms. The number of aromatic nitrogens is 2. The molecule has 1 aromatic carbocycles. The number of aryl methyl sites for hydroxylation is 1. The molecule has 0 bridgehead atoms. The first kappa shape index (κ1) is 12.7. The van der Waals surface area contributed by atoms with Crippen LogP contribution in [0.5, 0.6) is 0 Å². The van der Waals surface area contributed by atoms with Crippen LogP contribution in [0, 0.1) is 0 Å². The predicted molar refractivity (Wildman–Crippen MR) is 77.0 cm³/mol. The molecule has 1 aliphatic carbocycles. The number of aromatic amines is 1. The fourth-order valence-electron chi connectivity index (χ4n) is 2.67. The van der Waals surface area contributed by atoms with Crippen molar-refractivity contribution in [3.63, 3.8) is 0 Å². The molecule has 104 valence electrons. The Hall–Kier alpha value is -2.30. The molecule has 1 amide bonds. The van der Waals surface area contributed by atoms with Gasteiger partial charge in [-0.25, -0.2) is 0 Å². The highest BCUT2D eigenvalue weighted by atomic mass is 16.1. The van der Waals surface area contributed by atoms with Crippen LogP contribution in [0.15, 0.2) is 30.5 Å². The highest BCUT2D eigenvalue weighted by Gasteiger charge is 2.23. The van der Waals surface area contributed by atoms with E-state index in [1.807, 2.05) is 30.5 Å². The highest BCUT2D eigenvalue weighted by Crippen LogP contribution is 2.27. The number of nitrogens with one attached hydrogen (secondary N) is 2. The van der Waals surface area contributed by atoms with Crippen LogP contribution in [-0.4, -0.2) is 16.1 Å². The number of nitrogens with zero attached hydrogens (tertiary/aromatic N) is 1. The monoisotopic (exact) mass is 270 g/mol. The van der Waals surface area contributed by atoms with Gasteiger partial charge in [-0.2, -0.15) is 5.10 Å². The molecule has 1 atom stereocenters. The van der Waals surface area contributed by atoms with Gasteiger partial charge in [-0.15, -0.1) is 0 Å². The third-order valence-corrected chi connectivity index (χ3v) is 3.72. The minimum atomic E-state index is 0.0298. The van der Waals surface area contributed by atoms with Crippen molar-refractivity contribution in [2.24, 2.45) is 0 Å². The summed E-state index contributed by atoms with van der Waals surface area (Å²) in [6.45, 7) is 0. The summed E-state index contributed by atoms with van der Waals surface area (Å²) in [5.74, 6) is 0.0298. The van der Waals surface area contributed by atoms with Crippen molar-refractivity contribution in [2.45, 2.75) is 31.7 Å². The lowest BCUT2D eigenvalue weighted by Crippen LogP contribution is -2.32. The lowest BCUT2D eigenvalue weighted by Gasteiger charge is -2.22. The molecule has 5 nitrogen and oxygen atoms in total. The number of fused-ring (bicyclic) bond motifs is 1. The van der Waals surface area contributed by atoms with Crippen LogP contribution in [0.2, 0.25) is 0 Å². The molecule has 1 aliphatic rings. The molecule has 1 unspecified atom stereocenters. The summed E-state index contributed by atoms with van der Waals surface area (Å²) in [6.07, 6.45) is 5.31. The number of anilines is 1. The SMILES string of the molecule is Nc1ccc(CC(=O)NC2CCCc3cn[nH]c32)cc1. The largest absolute Gasteiger partial charge is 0.399 e. The van der Waals surface area contributed by atoms with Gasteiger partial charge >= 0.3 is 0 Å². The standard InChI is InChI=1S/C15H18N4O/c16-12-6-4-10(5-7-12)8-14(20)18-13-3-1-2-11-9-17-19-15(11)13/h4-7,9,13H,1-3,8,16H2,(H,17,19)(H,18,20). The van der Waals surface area contributed by atoms with E-state index in [1.54, 1.807) is 0 Å². The van der Waals surface area contributed by atoms with E-state index in [-0.39, 0.29) is 11.9 Å². The van der Waals surface area contributed by atoms with Crippen LogP contribution < -0.4 is 11.1 Å². The number of amides is 1. The molecule has 20 heavy (non-hydrogen) atoms. The molecule has 4 N–H and O–H groups in total. The third kappa shape index (κ3) is 2.66. The minimum absolute atomic E-state index is 0.0298. The second-order valence-corrected chi connectivity index (χ2v) is 5.24. The molecule has 0 saturated heterocycles. The smallest absolute Gasteiger partial charge is 0.224 e. The van der Waals surface area contributed by atoms with Gasteiger partial charge < -0.3 is 11.1 Å². The molecule has 0 fully saturated rings. The summed E-state index contributed by atoms with van der Waals surface area (Å²) in [5, 5.41) is 10.2. The Labute approximate surface area is 117 Å². The first-order valence-corrected chi connectivity index (χ1v) is 6.88. The molecular weight excluding hydrogens is 252 g/mol. The molecule has 0 radical (unpaired) electrons. The Kier molecular flexibility index (Phi) is 3.41. The van der Waals surface area contributed by atoms with Crippen LogP contribution >= 0.6 is 0 Å². The van der Waals surface area contributed by atoms with Crippen LogP contribution in [0.4, 0.5) is 5.69 Å². The van der Waals surface area contributed by atoms with Gasteiger partial charge in [0, 0.05) is 5.69 Å². The fourth-order valence-corrected chi connectivity index (χ4v) is 2.67. The van der Waals surface area contributed by atoms with Gasteiger partial charge in [0.25, 0.3) is 0 Å². The van der Waals surface area contributed by atoms with Crippen molar-refractivity contribution in [2.75, 3.05) is 5.73 Å². The molecule has 3 rings (SSSR count). The topological polar surface area (TPSA) is 83.8 Å². The van der Waals surface area contributed by atoms with Crippen molar-refractivity contribution in [1.29, 1.82) is 0 Å². The van der Waals surface area contributed by atoms with Crippen LogP contribution in [0.1, 0.15) is 35.7 Å². The Morgan fingerprint density at radius 1 is 1.40 bits per heavy atom. The van der Waals surface area contributed by atoms with E-state index in [1.165, 1.54) is 5.56 Å². The lowest BCUT2D eigenvalue weighted by molar-refractivity contribution is -0.121. The quantitative estimate of drug-likeness (QED) is 0.743. The van der Waals surface area contributed by atoms with Crippen molar-refractivity contribution in [3.05, 3.63) is 47.3 Å². The molecule has 0 aliphatic heterocycles. The second kappa shape index (κ2) is 5.36. The average Bonchev–Trinajstić information content (AvgIpc) is 2.91. The Morgan fingerprint density at radius 3 is 3.00 bits per heavy atom. The molecule has 1 heterocycles. The minimum Gasteiger partial charge on any atom is -0.399 e. The number of nitrogen functional groups attached to an aromatic ring is 1. The van der Waals surface area contributed by atoms with E-state index in [4.69, 9.17) is 5.73 Å². The number of nitrogens with two attached hydrogens (primary N) is 1. The van der Waals surface area contributed by atoms with E-state index in [0.717, 1.165) is 30.5 Å². The Morgan fingerprint density at radius 2 is 2.20 bits per heavy atom. The number of benzene rings is 1. The van der Waals surface area contributed by atoms with Gasteiger partial charge in [0.05, 0.1) is 24.4 Å². The number of carbonyl (C=O) groups is 1. The van der Waals surface area contributed by atoms with E-state index in [0.29, 0.717) is 12.1 Å². The summed E-state index contributed by atoms with van der Waals surface area (Å²) >= 11 is 0. The number of H-pyrrole nitrogens is 1. The van der Waals surface area contributed by atoms with Crippen LogP contribution in [-0.2, 0) is 17.6 Å². The Bertz CT molecular complexity index is 603. The zero-order valence-electron chi connectivity index (χ0n) is 11.2. The zero-order chi connectivity index (χ0) is 13.9. The van der Waals surface area contributed by atoms with Crippen LogP contribution in [0.25, 0.3) is 0 Å². The van der Waals surface area contributed by atoms with Crippen LogP contribution in [0.3, 0.4) is 0 Å². The predicted octanol–water partition coefficient (Wildman–Crippen LogP) is 1.73. The summed E-state index contributed by atoms with van der Waals surface area (Å²) in [7, 11) is 0. The first-order valence-electron chi connectivity index (χ1n) is 6.88. The van der Waals surface area contributed by atoms with Crippen molar-refractivity contribution in [1.82, 2.24) is 15.5 Å². The highest BCUT2D eigenvalue weighted by molar-refractivity contribution is 5.79. The van der Waals surface area contributed by atoms with Crippen molar-refractivity contribution in [3.8, 4) is 0 Å². The maximum Gasteiger partial charge on any atom is 0.224 e. The fraction of sp³-hybridized carbons (Fsp3) is 0.333. The second-order valence-electron chi connectivity index (χ2n) is 5.24. The third-order valence-electron chi connectivity index (χ3n) is 3.72. The summed E-state index contributed by atoms with van der Waals surface area (Å²) in [4.78, 5) is 12.1. The van der Waals surface area contributed by atoms with Gasteiger partial charge in [-0.3, -0.25) is 9.89 Å². The molecule has 1 aromatic heterocycles. The zero-order valence-corrected chi connectivity index (χ0v) is 11.2. The maximum atomic E-state index is 12.1. The maximum absolute atomic E-state index is 12.1. The molecule has 0 saturated carbocycles. The summed E-state index contributed by atoms with van der Waals surface area (Å²) < 4.78 is 0. The lowest BCUT2D eigenvalue weighted by atomic mass is 9.93. The van der Waals surface area contributed by atoms with Gasteiger partial charge in [0.15, 0.2) is 0 Å². The van der Waals surface area contributed by atoms with Gasteiger partial charge in [0.1, 0.15) is 0 Å². The number of hydrogen-bond acceptors (Lipinski definition) is 3. The summed E-state index contributed by atoms with van der Waals surface area (Å²) in [5.41, 5.74) is 9.59. The van der Waals surface area contributed by atoms with Gasteiger partial charge in [-0.05, 0) is 42.5 Å². The number of rotatable bonds is 3. The number of carbonyl (C=O) groups excluding carboxylic acids is 1. The normalized spacial score (nSPS) is 17.5. The Balaban J connectivity index is 1.64. The van der Waals surface area contributed by atoms with E-state index >= 15 is 0 Å². The van der Waals surface area contributed by atoms with Crippen molar-refractivity contribution >= 4 is 11.6 Å². The van der Waals surface area contributed by atoms with E-state index in [9.17, 15) is 4.79 Å². The van der Waals surface area contributed by atoms with Gasteiger partial charge in [0.2, 0.25) is 5.91 Å². The summed E-state index contributed by atoms with van der Waals surface area (Å²) in [6, 6.07) is 7.46. The average molecular weight is 270 g/mol. The molecule has 2 aromatic rings. The van der Waals surface area contributed by atoms with Crippen molar-refractivity contribution < 1.29 is 4.79 Å². The van der Waals surface area contributed by atoms with E-state index < -0.39 is 0 Å².